The fourth-order valence-corrected chi connectivity index (χ4v) is 1.90. The Kier molecular flexibility index (Phi) is 4.28. The van der Waals surface area contributed by atoms with Gasteiger partial charge in [-0.1, -0.05) is 0 Å². The molecule has 19 heavy (non-hydrogen) atoms. The monoisotopic (exact) mass is 262 g/mol. The summed E-state index contributed by atoms with van der Waals surface area (Å²) in [5.74, 6) is -1.17. The third kappa shape index (κ3) is 4.21. The molecule has 0 heterocycles. The zero-order valence-corrected chi connectivity index (χ0v) is 10.4. The summed E-state index contributed by atoms with van der Waals surface area (Å²) >= 11 is 0. The van der Waals surface area contributed by atoms with Crippen LogP contribution in [0.2, 0.25) is 0 Å². The van der Waals surface area contributed by atoms with Crippen molar-refractivity contribution in [2.75, 3.05) is 6.54 Å². The number of carboxylic acids is 1. The number of carboxylic acid groups (broad SMARTS) is 1. The van der Waals surface area contributed by atoms with Crippen molar-refractivity contribution < 1.29 is 14.3 Å². The molecule has 0 saturated heterocycles. The van der Waals surface area contributed by atoms with Crippen molar-refractivity contribution in [2.24, 2.45) is 4.99 Å². The number of carbonyl (C=O) groups is 1. The molecular weight excluding hydrogens is 247 g/mol. The zero-order chi connectivity index (χ0) is 13.7. The first kappa shape index (κ1) is 13.3. The van der Waals surface area contributed by atoms with E-state index in [1.165, 1.54) is 12.1 Å². The Bertz CT molecular complexity index is 521. The fraction of sp³-hybridized carbons (Fsp3) is 0.286. The van der Waals surface area contributed by atoms with Gasteiger partial charge < -0.3 is 10.4 Å². The van der Waals surface area contributed by atoms with Crippen molar-refractivity contribution in [1.82, 2.24) is 5.32 Å². The fourth-order valence-electron chi connectivity index (χ4n) is 1.90. The molecule has 1 aliphatic carbocycles. The summed E-state index contributed by atoms with van der Waals surface area (Å²) in [6, 6.07) is 5.98. The predicted molar refractivity (Wildman–Crippen MR) is 71.1 cm³/mol. The molecule has 0 fully saturated rings. The van der Waals surface area contributed by atoms with Gasteiger partial charge in [0.2, 0.25) is 0 Å². The molecule has 1 aromatic carbocycles. The molecule has 0 bridgehead atoms. The van der Waals surface area contributed by atoms with Crippen LogP contribution >= 0.6 is 0 Å². The molecule has 0 unspecified atom stereocenters. The highest BCUT2D eigenvalue weighted by molar-refractivity contribution is 5.97. The second kappa shape index (κ2) is 6.13. The number of aliphatic imine (C=N–C) groups is 1. The minimum absolute atomic E-state index is 0.0876. The molecule has 0 saturated carbocycles. The van der Waals surface area contributed by atoms with Gasteiger partial charge in [-0.2, -0.15) is 0 Å². The number of nitrogens with one attached hydrogen (secondary N) is 1. The van der Waals surface area contributed by atoms with Gasteiger partial charge in [0.25, 0.3) is 0 Å². The Morgan fingerprint density at radius 3 is 2.74 bits per heavy atom. The summed E-state index contributed by atoms with van der Waals surface area (Å²) in [4.78, 5) is 14.9. The van der Waals surface area contributed by atoms with Crippen LogP contribution in [0.15, 0.2) is 41.0 Å². The first-order valence-corrected chi connectivity index (χ1v) is 6.13. The predicted octanol–water partition coefficient (Wildman–Crippen LogP) is 2.64. The summed E-state index contributed by atoms with van der Waals surface area (Å²) in [6.07, 6.45) is 4.47. The summed E-state index contributed by atoms with van der Waals surface area (Å²) < 4.78 is 12.8. The highest BCUT2D eigenvalue weighted by Gasteiger charge is 2.09. The van der Waals surface area contributed by atoms with Crippen LogP contribution in [0, 0.1) is 5.82 Å². The first-order chi connectivity index (χ1) is 9.13. The van der Waals surface area contributed by atoms with Crippen LogP contribution in [-0.4, -0.2) is 23.3 Å². The number of nitrogens with zero attached hydrogens (tertiary/aromatic N) is 1. The van der Waals surface area contributed by atoms with Crippen molar-refractivity contribution in [3.05, 3.63) is 41.9 Å². The second-order valence-electron chi connectivity index (χ2n) is 4.35. The molecule has 2 N–H and O–H groups in total. The van der Waals surface area contributed by atoms with Gasteiger partial charge in [0.15, 0.2) is 0 Å². The van der Waals surface area contributed by atoms with Crippen LogP contribution in [-0.2, 0) is 4.79 Å². The van der Waals surface area contributed by atoms with Crippen molar-refractivity contribution in [3.63, 3.8) is 0 Å². The number of allylic oxidation sites excluding steroid dienone is 2. The highest BCUT2D eigenvalue weighted by Crippen LogP contribution is 2.19. The van der Waals surface area contributed by atoms with E-state index in [4.69, 9.17) is 5.11 Å². The van der Waals surface area contributed by atoms with Crippen LogP contribution < -0.4 is 5.32 Å². The van der Waals surface area contributed by atoms with Gasteiger partial charge in [0.1, 0.15) is 12.4 Å². The van der Waals surface area contributed by atoms with Gasteiger partial charge >= 0.3 is 5.97 Å². The topological polar surface area (TPSA) is 61.7 Å². The Morgan fingerprint density at radius 2 is 2.05 bits per heavy atom. The zero-order valence-electron chi connectivity index (χ0n) is 10.4. The maximum atomic E-state index is 12.8. The first-order valence-electron chi connectivity index (χ1n) is 6.13. The maximum absolute atomic E-state index is 12.8. The summed E-state index contributed by atoms with van der Waals surface area (Å²) in [5.41, 5.74) is 2.47. The van der Waals surface area contributed by atoms with Crippen molar-refractivity contribution >= 4 is 17.4 Å². The Hall–Kier alpha value is -2.17. The minimum Gasteiger partial charge on any atom is -0.480 e. The van der Waals surface area contributed by atoms with Crippen molar-refractivity contribution in [2.45, 2.75) is 19.3 Å². The third-order valence-corrected chi connectivity index (χ3v) is 2.79. The Morgan fingerprint density at radius 1 is 1.32 bits per heavy atom. The van der Waals surface area contributed by atoms with E-state index >= 15 is 0 Å². The number of benzene rings is 1. The molecule has 0 radical (unpaired) electrons. The molecule has 0 aliphatic heterocycles. The average Bonchev–Trinajstić information content (AvgIpc) is 2.40. The summed E-state index contributed by atoms with van der Waals surface area (Å²) in [6.45, 7) is -0.0876. The lowest BCUT2D eigenvalue weighted by atomic mass is 10.0. The van der Waals surface area contributed by atoms with E-state index < -0.39 is 5.97 Å². The molecule has 1 aliphatic rings. The molecule has 5 heteroatoms. The molecule has 0 aromatic heterocycles. The summed E-state index contributed by atoms with van der Waals surface area (Å²) in [7, 11) is 0. The van der Waals surface area contributed by atoms with Gasteiger partial charge in [-0.25, -0.2) is 4.39 Å². The number of hydrogen-bond acceptors (Lipinski definition) is 3. The Labute approximate surface area is 110 Å². The SMILES string of the molecule is O=C(O)CNC1=C/C(=N\c2ccc(F)cc2)CCC1. The number of hydrogen-bond donors (Lipinski definition) is 2. The molecule has 100 valence electrons. The quantitative estimate of drug-likeness (QED) is 0.876. The van der Waals surface area contributed by atoms with E-state index in [0.29, 0.717) is 5.69 Å². The van der Waals surface area contributed by atoms with Crippen LogP contribution in [0.4, 0.5) is 10.1 Å². The van der Waals surface area contributed by atoms with Crippen molar-refractivity contribution in [1.29, 1.82) is 0 Å². The minimum atomic E-state index is -0.886. The van der Waals surface area contributed by atoms with E-state index in [2.05, 4.69) is 10.3 Å². The second-order valence-corrected chi connectivity index (χ2v) is 4.35. The molecule has 0 atom stereocenters. The number of aliphatic carboxylic acids is 1. The van der Waals surface area contributed by atoms with Crippen LogP contribution in [0.5, 0.6) is 0 Å². The standard InChI is InChI=1S/C14H15FN2O2/c15-10-4-6-11(7-5-10)17-13-3-1-2-12(8-13)16-9-14(18)19/h4-8,16H,1-3,9H2,(H,18,19)/b17-13-. The van der Waals surface area contributed by atoms with E-state index in [0.717, 1.165) is 30.7 Å². The van der Waals surface area contributed by atoms with Crippen LogP contribution in [0.3, 0.4) is 0 Å². The molecule has 0 amide bonds. The average molecular weight is 262 g/mol. The van der Waals surface area contributed by atoms with E-state index in [9.17, 15) is 9.18 Å². The maximum Gasteiger partial charge on any atom is 0.322 e. The van der Waals surface area contributed by atoms with Crippen LogP contribution in [0.1, 0.15) is 19.3 Å². The lowest BCUT2D eigenvalue weighted by Crippen LogP contribution is -2.24. The molecule has 4 nitrogen and oxygen atoms in total. The van der Waals surface area contributed by atoms with Gasteiger partial charge in [0.05, 0.1) is 5.69 Å². The number of rotatable bonds is 4. The Balaban J connectivity index is 2.08. The van der Waals surface area contributed by atoms with Crippen LogP contribution in [0.25, 0.3) is 0 Å². The largest absolute Gasteiger partial charge is 0.480 e. The van der Waals surface area contributed by atoms with Gasteiger partial charge in [0, 0.05) is 11.4 Å². The van der Waals surface area contributed by atoms with E-state index in [1.807, 2.05) is 6.08 Å². The lowest BCUT2D eigenvalue weighted by molar-refractivity contribution is -0.135. The third-order valence-electron chi connectivity index (χ3n) is 2.79. The van der Waals surface area contributed by atoms with Gasteiger partial charge in [-0.15, -0.1) is 0 Å². The molecule has 0 spiro atoms. The van der Waals surface area contributed by atoms with Crippen molar-refractivity contribution in [3.8, 4) is 0 Å². The lowest BCUT2D eigenvalue weighted by Gasteiger charge is -2.15. The van der Waals surface area contributed by atoms with Gasteiger partial charge in [-0.3, -0.25) is 9.79 Å². The molecule has 1 aromatic rings. The highest BCUT2D eigenvalue weighted by atomic mass is 19.1. The number of halogens is 1. The normalized spacial score (nSPS) is 17.1. The van der Waals surface area contributed by atoms with E-state index in [-0.39, 0.29) is 12.4 Å². The van der Waals surface area contributed by atoms with Gasteiger partial charge in [-0.05, 0) is 49.6 Å². The van der Waals surface area contributed by atoms with E-state index in [1.54, 1.807) is 12.1 Å². The smallest absolute Gasteiger partial charge is 0.322 e. The molecular formula is C14H15FN2O2. The molecule has 2 rings (SSSR count). The summed E-state index contributed by atoms with van der Waals surface area (Å²) in [5, 5.41) is 11.5.